The summed E-state index contributed by atoms with van der Waals surface area (Å²) in [5, 5.41) is 3.38. The van der Waals surface area contributed by atoms with Gasteiger partial charge in [-0.25, -0.2) is 18.7 Å². The van der Waals surface area contributed by atoms with E-state index in [4.69, 9.17) is 4.74 Å². The van der Waals surface area contributed by atoms with E-state index in [1.165, 1.54) is 22.9 Å². The standard InChI is InChI=1S/C27H31F2N5O/c1-16(2)34-9-10-35-26-22(28)13-19(14-24(26)34)25-23(29)15-30-27(32-25)31-20-7-5-17-6-8-21(33(3)4)12-18(17)11-20/h6,8,12-16,20H,5,7,9-11H2,1-4H3,(H,30,31,32). The van der Waals surface area contributed by atoms with Gasteiger partial charge in [0.15, 0.2) is 17.4 Å². The molecule has 1 atom stereocenters. The number of hydrogen-bond donors (Lipinski definition) is 1. The van der Waals surface area contributed by atoms with Crippen LogP contribution in [0.4, 0.5) is 26.1 Å². The Hall–Kier alpha value is -3.42. The molecule has 0 fully saturated rings. The Morgan fingerprint density at radius 1 is 1.11 bits per heavy atom. The summed E-state index contributed by atoms with van der Waals surface area (Å²) in [5.41, 5.74) is 4.88. The molecule has 1 unspecified atom stereocenters. The molecule has 184 valence electrons. The van der Waals surface area contributed by atoms with Crippen molar-refractivity contribution in [2.75, 3.05) is 42.4 Å². The predicted molar refractivity (Wildman–Crippen MR) is 136 cm³/mol. The number of aromatic nitrogens is 2. The van der Waals surface area contributed by atoms with E-state index in [1.54, 1.807) is 6.07 Å². The summed E-state index contributed by atoms with van der Waals surface area (Å²) in [7, 11) is 4.06. The van der Waals surface area contributed by atoms with Gasteiger partial charge in [0.05, 0.1) is 18.4 Å². The molecule has 1 aliphatic heterocycles. The fourth-order valence-corrected chi connectivity index (χ4v) is 4.94. The minimum Gasteiger partial charge on any atom is -0.486 e. The maximum atomic E-state index is 15.0. The number of hydrogen-bond acceptors (Lipinski definition) is 6. The van der Waals surface area contributed by atoms with Gasteiger partial charge in [-0.15, -0.1) is 0 Å². The van der Waals surface area contributed by atoms with E-state index < -0.39 is 11.6 Å². The van der Waals surface area contributed by atoms with Gasteiger partial charge in [0.1, 0.15) is 12.3 Å². The molecule has 0 amide bonds. The van der Waals surface area contributed by atoms with Crippen molar-refractivity contribution in [3.63, 3.8) is 0 Å². The molecule has 5 rings (SSSR count). The SMILES string of the molecule is CC(C)N1CCOc2c(F)cc(-c3nc(NC4CCc5ccc(N(C)C)cc5C4)ncc3F)cc21. The van der Waals surface area contributed by atoms with E-state index in [0.717, 1.165) is 25.5 Å². The number of benzene rings is 2. The lowest BCUT2D eigenvalue weighted by Gasteiger charge is -2.34. The zero-order valence-electron chi connectivity index (χ0n) is 20.6. The van der Waals surface area contributed by atoms with Crippen LogP contribution >= 0.6 is 0 Å². The lowest BCUT2D eigenvalue weighted by Crippen LogP contribution is -2.38. The molecule has 1 aromatic heterocycles. The van der Waals surface area contributed by atoms with Crippen LogP contribution in [0, 0.1) is 11.6 Å². The Balaban J connectivity index is 1.42. The molecule has 0 saturated heterocycles. The van der Waals surface area contributed by atoms with Gasteiger partial charge in [0.25, 0.3) is 0 Å². The van der Waals surface area contributed by atoms with Crippen LogP contribution in [0.25, 0.3) is 11.3 Å². The summed E-state index contributed by atoms with van der Waals surface area (Å²) >= 11 is 0. The molecule has 3 aromatic rings. The Morgan fingerprint density at radius 2 is 1.94 bits per heavy atom. The average Bonchev–Trinajstić information content (AvgIpc) is 2.84. The Kier molecular flexibility index (Phi) is 6.21. The van der Waals surface area contributed by atoms with Gasteiger partial charge < -0.3 is 19.9 Å². The second-order valence-electron chi connectivity index (χ2n) is 9.76. The van der Waals surface area contributed by atoms with Gasteiger partial charge >= 0.3 is 0 Å². The lowest BCUT2D eigenvalue weighted by molar-refractivity contribution is 0.287. The molecule has 0 radical (unpaired) electrons. The topological polar surface area (TPSA) is 53.5 Å². The summed E-state index contributed by atoms with van der Waals surface area (Å²) in [5.74, 6) is -0.559. The minimum atomic E-state index is -0.590. The first kappa shape index (κ1) is 23.3. The van der Waals surface area contributed by atoms with E-state index in [2.05, 4.69) is 43.3 Å². The molecule has 8 heteroatoms. The van der Waals surface area contributed by atoms with Crippen molar-refractivity contribution >= 4 is 17.3 Å². The van der Waals surface area contributed by atoms with Crippen molar-refractivity contribution < 1.29 is 13.5 Å². The summed E-state index contributed by atoms with van der Waals surface area (Å²) in [4.78, 5) is 12.8. The number of ether oxygens (including phenoxy) is 1. The number of nitrogens with one attached hydrogen (secondary N) is 1. The second-order valence-corrected chi connectivity index (χ2v) is 9.76. The molecule has 2 aromatic carbocycles. The highest BCUT2D eigenvalue weighted by atomic mass is 19.1. The lowest BCUT2D eigenvalue weighted by atomic mass is 9.88. The fourth-order valence-electron chi connectivity index (χ4n) is 4.94. The van der Waals surface area contributed by atoms with Gasteiger partial charge in [0.2, 0.25) is 5.95 Å². The van der Waals surface area contributed by atoms with Crippen LogP contribution in [0.3, 0.4) is 0 Å². The third-order valence-corrected chi connectivity index (χ3v) is 6.82. The van der Waals surface area contributed by atoms with Crippen LogP contribution < -0.4 is 19.9 Å². The normalized spacial score (nSPS) is 17.0. The van der Waals surface area contributed by atoms with Crippen molar-refractivity contribution in [1.82, 2.24) is 9.97 Å². The van der Waals surface area contributed by atoms with Gasteiger partial charge in [-0.1, -0.05) is 6.07 Å². The molecule has 0 bridgehead atoms. The number of fused-ring (bicyclic) bond motifs is 2. The van der Waals surface area contributed by atoms with Crippen LogP contribution in [-0.2, 0) is 12.8 Å². The smallest absolute Gasteiger partial charge is 0.223 e. The summed E-state index contributed by atoms with van der Waals surface area (Å²) in [6.45, 7) is 5.14. The van der Waals surface area contributed by atoms with Gasteiger partial charge in [-0.05, 0) is 68.5 Å². The zero-order valence-corrected chi connectivity index (χ0v) is 20.6. The highest BCUT2D eigenvalue weighted by molar-refractivity contribution is 5.72. The maximum Gasteiger partial charge on any atom is 0.223 e. The summed E-state index contributed by atoms with van der Waals surface area (Å²) in [6, 6.07) is 9.89. The second kappa shape index (κ2) is 9.32. The Bertz CT molecular complexity index is 1250. The van der Waals surface area contributed by atoms with Crippen LogP contribution in [0.15, 0.2) is 36.5 Å². The number of rotatable bonds is 5. The third-order valence-electron chi connectivity index (χ3n) is 6.82. The van der Waals surface area contributed by atoms with Crippen molar-refractivity contribution in [2.45, 2.75) is 45.2 Å². The third kappa shape index (κ3) is 4.61. The van der Waals surface area contributed by atoms with Gasteiger partial charge in [0, 0.05) is 37.4 Å². The zero-order chi connectivity index (χ0) is 24.7. The monoisotopic (exact) mass is 479 g/mol. The first-order valence-corrected chi connectivity index (χ1v) is 12.1. The maximum absolute atomic E-state index is 15.0. The van der Waals surface area contributed by atoms with Crippen LogP contribution in [0.1, 0.15) is 31.4 Å². The van der Waals surface area contributed by atoms with Crippen molar-refractivity contribution in [3.8, 4) is 17.0 Å². The molecule has 1 N–H and O–H groups in total. The van der Waals surface area contributed by atoms with E-state index in [9.17, 15) is 8.78 Å². The largest absolute Gasteiger partial charge is 0.486 e. The van der Waals surface area contributed by atoms with E-state index in [1.807, 2.05) is 27.9 Å². The van der Waals surface area contributed by atoms with Crippen molar-refractivity contribution in [3.05, 3.63) is 59.3 Å². The van der Waals surface area contributed by atoms with Crippen LogP contribution in [-0.4, -0.2) is 49.3 Å². The molecule has 35 heavy (non-hydrogen) atoms. The first-order chi connectivity index (χ1) is 16.8. The number of anilines is 3. The Labute approximate surface area is 205 Å². The fraction of sp³-hybridized carbons (Fsp3) is 0.407. The van der Waals surface area contributed by atoms with Gasteiger partial charge in [-0.3, -0.25) is 0 Å². The minimum absolute atomic E-state index is 0.0737. The van der Waals surface area contributed by atoms with Crippen LogP contribution in [0.2, 0.25) is 0 Å². The summed E-state index contributed by atoms with van der Waals surface area (Å²) < 4.78 is 35.4. The number of aryl methyl sites for hydroxylation is 1. The highest BCUT2D eigenvalue weighted by Crippen LogP contribution is 2.39. The van der Waals surface area contributed by atoms with Crippen molar-refractivity contribution in [1.29, 1.82) is 0 Å². The predicted octanol–water partition coefficient (Wildman–Crippen LogP) is 5.06. The molecule has 0 saturated carbocycles. The van der Waals surface area contributed by atoms with Gasteiger partial charge in [-0.2, -0.15) is 0 Å². The molecular formula is C27H31F2N5O. The van der Waals surface area contributed by atoms with E-state index in [-0.39, 0.29) is 23.5 Å². The molecule has 2 heterocycles. The quantitative estimate of drug-likeness (QED) is 0.552. The molecule has 1 aliphatic carbocycles. The molecule has 0 spiro atoms. The average molecular weight is 480 g/mol. The number of nitrogens with zero attached hydrogens (tertiary/aromatic N) is 4. The van der Waals surface area contributed by atoms with Crippen molar-refractivity contribution in [2.24, 2.45) is 0 Å². The molecule has 2 aliphatic rings. The van der Waals surface area contributed by atoms with Crippen LogP contribution in [0.5, 0.6) is 5.75 Å². The van der Waals surface area contributed by atoms with E-state index >= 15 is 0 Å². The van der Waals surface area contributed by atoms with E-state index in [0.29, 0.717) is 30.4 Å². The Morgan fingerprint density at radius 3 is 2.71 bits per heavy atom. The molecular weight excluding hydrogens is 448 g/mol. The summed E-state index contributed by atoms with van der Waals surface area (Å²) in [6.07, 6.45) is 3.87. The highest BCUT2D eigenvalue weighted by Gasteiger charge is 2.26. The number of halogens is 2. The first-order valence-electron chi connectivity index (χ1n) is 12.1. The molecule has 6 nitrogen and oxygen atoms in total.